The second kappa shape index (κ2) is 7.57. The molecule has 0 spiro atoms. The number of rotatable bonds is 3. The van der Waals surface area contributed by atoms with E-state index in [0.717, 1.165) is 44.5 Å². The molecule has 5 aromatic rings. The molecule has 5 rings (SSSR count). The van der Waals surface area contributed by atoms with E-state index in [9.17, 15) is 0 Å². The lowest BCUT2D eigenvalue weighted by molar-refractivity contribution is 1.15. The molecule has 0 radical (unpaired) electrons. The van der Waals surface area contributed by atoms with Crippen LogP contribution in [0.25, 0.3) is 44.5 Å². The lowest BCUT2D eigenvalue weighted by Crippen LogP contribution is -1.94. The normalized spacial score (nSPS) is 10.9. The number of pyridine rings is 1. The maximum Gasteiger partial charge on any atom is 0.197 e. The summed E-state index contributed by atoms with van der Waals surface area (Å²) in [5.41, 5.74) is 8.04. The summed E-state index contributed by atoms with van der Waals surface area (Å²) in [5, 5.41) is 0. The summed E-state index contributed by atoms with van der Waals surface area (Å²) in [4.78, 5) is 13.7. The van der Waals surface area contributed by atoms with Crippen molar-refractivity contribution in [3.8, 4) is 33.5 Å². The minimum Gasteiger partial charge on any atom is -0.252 e. The summed E-state index contributed by atoms with van der Waals surface area (Å²) in [7, 11) is 0. The number of hydrogen-bond acceptors (Lipinski definition) is 3. The molecule has 0 fully saturated rings. The van der Waals surface area contributed by atoms with Crippen LogP contribution in [0.3, 0.4) is 0 Å². The molecule has 0 saturated carbocycles. The second-order valence-corrected chi connectivity index (χ2v) is 7.45. The molecule has 0 N–H and O–H groups in total. The molecule has 3 nitrogen and oxygen atoms in total. The first-order chi connectivity index (χ1) is 14.3. The third-order valence-electron chi connectivity index (χ3n) is 4.85. The van der Waals surface area contributed by atoms with Crippen molar-refractivity contribution in [2.24, 2.45) is 0 Å². The van der Waals surface area contributed by atoms with Crippen molar-refractivity contribution in [3.05, 3.63) is 102 Å². The number of nitrogens with zero attached hydrogens (tertiary/aromatic N) is 3. The quantitative estimate of drug-likeness (QED) is 0.291. The Hall–Kier alpha value is -3.37. The van der Waals surface area contributed by atoms with E-state index in [-0.39, 0.29) is 0 Å². The summed E-state index contributed by atoms with van der Waals surface area (Å²) >= 11 is 3.46. The zero-order valence-electron chi connectivity index (χ0n) is 15.5. The van der Waals surface area contributed by atoms with Crippen LogP contribution in [0.5, 0.6) is 0 Å². The third kappa shape index (κ3) is 3.55. The van der Waals surface area contributed by atoms with Gasteiger partial charge in [-0.3, -0.25) is 4.98 Å². The Morgan fingerprint density at radius 3 is 1.76 bits per heavy atom. The zero-order valence-corrected chi connectivity index (χ0v) is 17.0. The molecule has 3 aromatic carbocycles. The number of halogens is 1. The van der Waals surface area contributed by atoms with Gasteiger partial charge in [0.1, 0.15) is 11.2 Å². The van der Waals surface area contributed by atoms with Crippen LogP contribution in [0.2, 0.25) is 0 Å². The van der Waals surface area contributed by atoms with E-state index in [0.29, 0.717) is 4.73 Å². The number of benzene rings is 3. The van der Waals surface area contributed by atoms with E-state index < -0.39 is 0 Å². The average Bonchev–Trinajstić information content (AvgIpc) is 2.79. The Labute approximate surface area is 177 Å². The Bertz CT molecular complexity index is 1240. The van der Waals surface area contributed by atoms with Gasteiger partial charge in [0.2, 0.25) is 0 Å². The van der Waals surface area contributed by atoms with Crippen LogP contribution in [0.4, 0.5) is 0 Å². The van der Waals surface area contributed by atoms with Crippen molar-refractivity contribution in [3.63, 3.8) is 0 Å². The van der Waals surface area contributed by atoms with Gasteiger partial charge < -0.3 is 0 Å². The van der Waals surface area contributed by atoms with Crippen molar-refractivity contribution < 1.29 is 0 Å². The largest absolute Gasteiger partial charge is 0.252 e. The van der Waals surface area contributed by atoms with Crippen molar-refractivity contribution in [2.75, 3.05) is 0 Å². The molecular weight excluding hydrogens is 422 g/mol. The van der Waals surface area contributed by atoms with Crippen LogP contribution < -0.4 is 0 Å². The van der Waals surface area contributed by atoms with Crippen LogP contribution in [0, 0.1) is 0 Å². The van der Waals surface area contributed by atoms with Gasteiger partial charge >= 0.3 is 0 Å². The summed E-state index contributed by atoms with van der Waals surface area (Å²) in [6, 6.07) is 31.2. The molecule has 2 aromatic heterocycles. The Morgan fingerprint density at radius 2 is 1.14 bits per heavy atom. The van der Waals surface area contributed by atoms with Gasteiger partial charge in [-0.15, -0.1) is 0 Å². The molecule has 0 saturated heterocycles. The van der Waals surface area contributed by atoms with E-state index in [1.165, 1.54) is 0 Å². The molecule has 138 valence electrons. The molecule has 4 heteroatoms. The maximum absolute atomic E-state index is 4.68. The lowest BCUT2D eigenvalue weighted by atomic mass is 9.94. The Kier molecular flexibility index (Phi) is 4.62. The summed E-state index contributed by atoms with van der Waals surface area (Å²) in [6.45, 7) is 0. The minimum atomic E-state index is 0.555. The van der Waals surface area contributed by atoms with E-state index in [1.807, 2.05) is 24.3 Å². The lowest BCUT2D eigenvalue weighted by Gasteiger charge is -2.12. The highest BCUT2D eigenvalue weighted by atomic mass is 79.9. The van der Waals surface area contributed by atoms with Crippen LogP contribution in [-0.4, -0.2) is 15.0 Å². The van der Waals surface area contributed by atoms with Gasteiger partial charge in [0.05, 0.1) is 5.52 Å². The van der Waals surface area contributed by atoms with Gasteiger partial charge in [-0.25, -0.2) is 9.97 Å². The van der Waals surface area contributed by atoms with Crippen molar-refractivity contribution in [1.82, 2.24) is 15.0 Å². The number of fused-ring (bicyclic) bond motifs is 1. The predicted octanol–water partition coefficient (Wildman–Crippen LogP) is 6.79. The van der Waals surface area contributed by atoms with Crippen LogP contribution in [-0.2, 0) is 0 Å². The highest BCUT2D eigenvalue weighted by Gasteiger charge is 2.13. The summed E-state index contributed by atoms with van der Waals surface area (Å²) < 4.78 is 0.555. The first-order valence-electron chi connectivity index (χ1n) is 9.32. The van der Waals surface area contributed by atoms with Crippen LogP contribution >= 0.6 is 15.9 Å². The molecule has 0 aliphatic heterocycles. The van der Waals surface area contributed by atoms with Gasteiger partial charge in [0.15, 0.2) is 4.73 Å². The average molecular weight is 438 g/mol. The highest BCUT2D eigenvalue weighted by Crippen LogP contribution is 2.34. The molecule has 0 amide bonds. The standard InChI is InChI=1S/C25H16BrN3/c26-25-28-22-12-7-13-27-24(22)23(29-25)21-15-19(17-8-3-1-4-9-17)14-20(16-21)18-10-5-2-6-11-18/h1-16H. The van der Waals surface area contributed by atoms with E-state index in [4.69, 9.17) is 0 Å². The van der Waals surface area contributed by atoms with Gasteiger partial charge in [0.25, 0.3) is 0 Å². The maximum atomic E-state index is 4.68. The number of aromatic nitrogens is 3. The Morgan fingerprint density at radius 1 is 0.552 bits per heavy atom. The van der Waals surface area contributed by atoms with Crippen molar-refractivity contribution in [1.29, 1.82) is 0 Å². The van der Waals surface area contributed by atoms with E-state index in [1.54, 1.807) is 6.20 Å². The second-order valence-electron chi connectivity index (χ2n) is 6.74. The predicted molar refractivity (Wildman–Crippen MR) is 121 cm³/mol. The summed E-state index contributed by atoms with van der Waals surface area (Å²) in [5.74, 6) is 0. The van der Waals surface area contributed by atoms with Crippen molar-refractivity contribution >= 4 is 27.0 Å². The fourth-order valence-corrected chi connectivity index (χ4v) is 3.87. The SMILES string of the molecule is Brc1nc(-c2cc(-c3ccccc3)cc(-c3ccccc3)c2)c2ncccc2n1. The molecular formula is C25H16BrN3. The van der Waals surface area contributed by atoms with Crippen molar-refractivity contribution in [2.45, 2.75) is 0 Å². The molecule has 29 heavy (non-hydrogen) atoms. The fourth-order valence-electron chi connectivity index (χ4n) is 3.50. The minimum absolute atomic E-state index is 0.555. The Balaban J connectivity index is 1.80. The monoisotopic (exact) mass is 437 g/mol. The van der Waals surface area contributed by atoms with Gasteiger partial charge in [0, 0.05) is 11.8 Å². The first-order valence-corrected chi connectivity index (χ1v) is 10.1. The van der Waals surface area contributed by atoms with Gasteiger partial charge in [-0.05, 0) is 68.5 Å². The van der Waals surface area contributed by atoms with E-state index in [2.05, 4.69) is 97.6 Å². The smallest absolute Gasteiger partial charge is 0.197 e. The third-order valence-corrected chi connectivity index (χ3v) is 5.20. The van der Waals surface area contributed by atoms with Crippen LogP contribution in [0.1, 0.15) is 0 Å². The highest BCUT2D eigenvalue weighted by molar-refractivity contribution is 9.10. The molecule has 0 unspecified atom stereocenters. The van der Waals surface area contributed by atoms with Gasteiger partial charge in [-0.2, -0.15) is 0 Å². The topological polar surface area (TPSA) is 38.7 Å². The molecule has 0 aliphatic rings. The van der Waals surface area contributed by atoms with Crippen LogP contribution in [0.15, 0.2) is 102 Å². The first kappa shape index (κ1) is 17.7. The summed E-state index contributed by atoms with van der Waals surface area (Å²) in [6.07, 6.45) is 1.78. The van der Waals surface area contributed by atoms with Gasteiger partial charge in [-0.1, -0.05) is 60.7 Å². The molecule has 2 heterocycles. The molecule has 0 aliphatic carbocycles. The fraction of sp³-hybridized carbons (Fsp3) is 0. The zero-order chi connectivity index (χ0) is 19.6. The number of hydrogen-bond donors (Lipinski definition) is 0. The van der Waals surface area contributed by atoms with E-state index >= 15 is 0 Å². The molecule has 0 bridgehead atoms. The molecule has 0 atom stereocenters.